The van der Waals surface area contributed by atoms with Gasteiger partial charge in [-0.15, -0.1) is 5.11 Å². The molecule has 4 N–H and O–H groups in total. The highest BCUT2D eigenvalue weighted by atomic mass is 16.3. The number of aryl methyl sites for hydroxylation is 1. The van der Waals surface area contributed by atoms with Gasteiger partial charge < -0.3 is 16.2 Å². The van der Waals surface area contributed by atoms with Crippen molar-refractivity contribution in [3.8, 4) is 5.75 Å². The van der Waals surface area contributed by atoms with E-state index in [4.69, 9.17) is 5.73 Å². The molecule has 0 bridgehead atoms. The Morgan fingerprint density at radius 3 is 2.52 bits per heavy atom. The zero-order valence-electron chi connectivity index (χ0n) is 14.9. The molecule has 3 rings (SSSR count). The van der Waals surface area contributed by atoms with Crippen molar-refractivity contribution in [2.75, 3.05) is 7.05 Å². The zero-order valence-corrected chi connectivity index (χ0v) is 14.9. The van der Waals surface area contributed by atoms with Crippen LogP contribution in [0.1, 0.15) is 26.3 Å². The number of carbonyl (C=O) groups is 2. The Balaban J connectivity index is 2.15. The van der Waals surface area contributed by atoms with Gasteiger partial charge >= 0.3 is 0 Å². The van der Waals surface area contributed by atoms with Gasteiger partial charge in [0.05, 0.1) is 11.3 Å². The van der Waals surface area contributed by atoms with Crippen LogP contribution in [-0.2, 0) is 0 Å². The molecule has 0 aromatic heterocycles. The van der Waals surface area contributed by atoms with Crippen LogP contribution in [-0.4, -0.2) is 24.0 Å². The third-order valence-corrected chi connectivity index (χ3v) is 4.22. The standard InChI is InChI=1S/C20H18N4O3/c1-11-7-8-13(20(27)22-2)10-16(11)23-24-17-14-6-4-3-5-12(14)9-15(18(17)25)19(21)26/h3-10,25H,1-2H3,(H2,21,26)(H,22,27). The number of benzene rings is 3. The number of rotatable bonds is 4. The quantitative estimate of drug-likeness (QED) is 0.614. The van der Waals surface area contributed by atoms with Gasteiger partial charge in [0, 0.05) is 18.0 Å². The number of hydrogen-bond acceptors (Lipinski definition) is 5. The van der Waals surface area contributed by atoms with Crippen LogP contribution in [0.25, 0.3) is 10.8 Å². The topological polar surface area (TPSA) is 117 Å². The molecule has 0 spiro atoms. The number of hydrogen-bond donors (Lipinski definition) is 3. The van der Waals surface area contributed by atoms with Gasteiger partial charge in [0.1, 0.15) is 5.69 Å². The van der Waals surface area contributed by atoms with Crippen LogP contribution in [0.3, 0.4) is 0 Å². The molecule has 0 aliphatic rings. The smallest absolute Gasteiger partial charge is 0.252 e. The molecule has 136 valence electrons. The maximum Gasteiger partial charge on any atom is 0.252 e. The van der Waals surface area contributed by atoms with E-state index in [-0.39, 0.29) is 22.9 Å². The Kier molecular flexibility index (Phi) is 4.85. The molecular formula is C20H18N4O3. The predicted octanol–water partition coefficient (Wildman–Crippen LogP) is 3.73. The van der Waals surface area contributed by atoms with Crippen molar-refractivity contribution in [2.45, 2.75) is 6.92 Å². The molecule has 2 amide bonds. The van der Waals surface area contributed by atoms with E-state index in [1.54, 1.807) is 43.4 Å². The molecule has 7 heteroatoms. The van der Waals surface area contributed by atoms with E-state index in [1.165, 1.54) is 6.07 Å². The Morgan fingerprint density at radius 1 is 1.07 bits per heavy atom. The number of azo groups is 1. The number of carbonyl (C=O) groups excluding carboxylic acids is 2. The van der Waals surface area contributed by atoms with Crippen molar-refractivity contribution in [1.29, 1.82) is 0 Å². The highest BCUT2D eigenvalue weighted by Crippen LogP contribution is 2.39. The summed E-state index contributed by atoms with van der Waals surface area (Å²) >= 11 is 0. The van der Waals surface area contributed by atoms with E-state index in [1.807, 2.05) is 13.0 Å². The first-order valence-electron chi connectivity index (χ1n) is 8.21. The maximum atomic E-state index is 11.8. The van der Waals surface area contributed by atoms with Crippen LogP contribution in [0.2, 0.25) is 0 Å². The fourth-order valence-corrected chi connectivity index (χ4v) is 2.71. The maximum absolute atomic E-state index is 11.8. The first kappa shape index (κ1) is 18.1. The summed E-state index contributed by atoms with van der Waals surface area (Å²) in [4.78, 5) is 23.5. The van der Waals surface area contributed by atoms with Crippen molar-refractivity contribution in [1.82, 2.24) is 5.32 Å². The predicted molar refractivity (Wildman–Crippen MR) is 103 cm³/mol. The molecule has 0 unspecified atom stereocenters. The molecule has 0 atom stereocenters. The lowest BCUT2D eigenvalue weighted by atomic mass is 10.0. The summed E-state index contributed by atoms with van der Waals surface area (Å²) in [5, 5.41) is 22.7. The number of amides is 2. The van der Waals surface area contributed by atoms with Crippen LogP contribution in [0.15, 0.2) is 58.8 Å². The average molecular weight is 362 g/mol. The van der Waals surface area contributed by atoms with E-state index in [9.17, 15) is 14.7 Å². The van der Waals surface area contributed by atoms with Crippen LogP contribution in [0.5, 0.6) is 5.75 Å². The largest absolute Gasteiger partial charge is 0.505 e. The molecule has 0 heterocycles. The lowest BCUT2D eigenvalue weighted by Crippen LogP contribution is -2.17. The molecule has 0 saturated heterocycles. The molecule has 3 aromatic carbocycles. The number of nitrogens with zero attached hydrogens (tertiary/aromatic N) is 2. The normalized spacial score (nSPS) is 11.0. The summed E-state index contributed by atoms with van der Waals surface area (Å²) in [6, 6.07) is 13.7. The molecule has 7 nitrogen and oxygen atoms in total. The minimum absolute atomic E-state index is 0.0292. The van der Waals surface area contributed by atoms with Gasteiger partial charge in [0.25, 0.3) is 11.8 Å². The van der Waals surface area contributed by atoms with Gasteiger partial charge in [-0.05, 0) is 36.1 Å². The highest BCUT2D eigenvalue weighted by Gasteiger charge is 2.16. The molecule has 0 aliphatic carbocycles. The van der Waals surface area contributed by atoms with E-state index in [0.717, 1.165) is 5.56 Å². The first-order chi connectivity index (χ1) is 12.9. The van der Waals surface area contributed by atoms with Crippen molar-refractivity contribution in [2.24, 2.45) is 16.0 Å². The summed E-state index contributed by atoms with van der Waals surface area (Å²) in [7, 11) is 1.54. The van der Waals surface area contributed by atoms with Crippen molar-refractivity contribution in [3.63, 3.8) is 0 Å². The Hall–Kier alpha value is -3.74. The number of primary amides is 1. The Bertz CT molecular complexity index is 1090. The molecule has 0 radical (unpaired) electrons. The van der Waals surface area contributed by atoms with Crippen LogP contribution >= 0.6 is 0 Å². The lowest BCUT2D eigenvalue weighted by Gasteiger charge is -2.08. The number of phenols is 1. The SMILES string of the molecule is CNC(=O)c1ccc(C)c(N=Nc2c(O)c(C(N)=O)cc3ccccc23)c1. The number of nitrogens with two attached hydrogens (primary N) is 1. The molecule has 0 aliphatic heterocycles. The number of nitrogens with one attached hydrogen (secondary N) is 1. The number of fused-ring (bicyclic) bond motifs is 1. The Morgan fingerprint density at radius 2 is 1.81 bits per heavy atom. The fraction of sp³-hybridized carbons (Fsp3) is 0.100. The summed E-state index contributed by atoms with van der Waals surface area (Å²) in [5.41, 5.74) is 7.20. The second kappa shape index (κ2) is 7.25. The summed E-state index contributed by atoms with van der Waals surface area (Å²) in [5.74, 6) is -1.33. The van der Waals surface area contributed by atoms with E-state index < -0.39 is 5.91 Å². The van der Waals surface area contributed by atoms with Gasteiger partial charge in [0.15, 0.2) is 5.75 Å². The first-order valence-corrected chi connectivity index (χ1v) is 8.21. The van der Waals surface area contributed by atoms with Gasteiger partial charge in [-0.25, -0.2) is 0 Å². The van der Waals surface area contributed by atoms with Gasteiger partial charge in [-0.1, -0.05) is 30.3 Å². The van der Waals surface area contributed by atoms with Crippen LogP contribution in [0.4, 0.5) is 11.4 Å². The average Bonchev–Trinajstić information content (AvgIpc) is 2.67. The third kappa shape index (κ3) is 3.48. The summed E-state index contributed by atoms with van der Waals surface area (Å²) in [6.45, 7) is 1.83. The molecule has 27 heavy (non-hydrogen) atoms. The van der Waals surface area contributed by atoms with Crippen molar-refractivity contribution >= 4 is 34.0 Å². The zero-order chi connectivity index (χ0) is 19.6. The highest BCUT2D eigenvalue weighted by molar-refractivity contribution is 6.06. The third-order valence-electron chi connectivity index (χ3n) is 4.22. The fourth-order valence-electron chi connectivity index (χ4n) is 2.71. The lowest BCUT2D eigenvalue weighted by molar-refractivity contribution is 0.0961. The van der Waals surface area contributed by atoms with Crippen LogP contribution in [0, 0.1) is 6.92 Å². The second-order valence-corrected chi connectivity index (χ2v) is 5.99. The summed E-state index contributed by atoms with van der Waals surface area (Å²) < 4.78 is 0. The Labute approximate surface area is 155 Å². The monoisotopic (exact) mass is 362 g/mol. The molecular weight excluding hydrogens is 344 g/mol. The van der Waals surface area contributed by atoms with Crippen LogP contribution < -0.4 is 11.1 Å². The van der Waals surface area contributed by atoms with E-state index in [0.29, 0.717) is 22.0 Å². The second-order valence-electron chi connectivity index (χ2n) is 5.99. The van der Waals surface area contributed by atoms with Gasteiger partial charge in [-0.3, -0.25) is 9.59 Å². The molecule has 0 fully saturated rings. The number of aromatic hydroxyl groups is 1. The molecule has 0 saturated carbocycles. The van der Waals surface area contributed by atoms with Gasteiger partial charge in [0.2, 0.25) is 0 Å². The minimum atomic E-state index is -0.757. The van der Waals surface area contributed by atoms with Crippen molar-refractivity contribution < 1.29 is 14.7 Å². The van der Waals surface area contributed by atoms with Crippen molar-refractivity contribution in [3.05, 3.63) is 65.2 Å². The van der Waals surface area contributed by atoms with E-state index in [2.05, 4.69) is 15.5 Å². The minimum Gasteiger partial charge on any atom is -0.505 e. The van der Waals surface area contributed by atoms with Gasteiger partial charge in [-0.2, -0.15) is 5.11 Å². The molecule has 3 aromatic rings. The van der Waals surface area contributed by atoms with E-state index >= 15 is 0 Å². The summed E-state index contributed by atoms with van der Waals surface area (Å²) in [6.07, 6.45) is 0.